The summed E-state index contributed by atoms with van der Waals surface area (Å²) < 4.78 is 7.37. The molecule has 4 nitrogen and oxygen atoms in total. The summed E-state index contributed by atoms with van der Waals surface area (Å²) in [7, 11) is 0. The summed E-state index contributed by atoms with van der Waals surface area (Å²) in [5.41, 5.74) is 10.7. The predicted octanol–water partition coefficient (Wildman–Crippen LogP) is 11.6. The summed E-state index contributed by atoms with van der Waals surface area (Å²) in [6, 6.07) is 53.4. The molecule has 226 valence electrons. The Kier molecular flexibility index (Phi) is 4.69. The second-order valence-corrected chi connectivity index (χ2v) is 13.2. The second-order valence-electron chi connectivity index (χ2n) is 13.2. The third-order valence-corrected chi connectivity index (χ3v) is 10.8. The molecule has 0 saturated heterocycles. The van der Waals surface area contributed by atoms with E-state index < -0.39 is 0 Å². The first-order valence-corrected chi connectivity index (χ1v) is 16.8. The van der Waals surface area contributed by atoms with E-state index in [1.54, 1.807) is 0 Å². The maximum atomic E-state index is 4.54. The molecule has 49 heavy (non-hydrogen) atoms. The van der Waals surface area contributed by atoms with E-state index in [4.69, 9.17) is 0 Å². The number of rotatable bonds is 2. The molecule has 5 heterocycles. The van der Waals surface area contributed by atoms with Gasteiger partial charge < -0.3 is 13.5 Å². The van der Waals surface area contributed by atoms with Crippen LogP contribution >= 0.6 is 0 Å². The summed E-state index contributed by atoms with van der Waals surface area (Å²) in [6.45, 7) is 0. The van der Waals surface area contributed by atoms with Crippen LogP contribution in [0.2, 0.25) is 0 Å². The largest absolute Gasteiger partial charge is 0.308 e. The lowest BCUT2D eigenvalue weighted by Crippen LogP contribution is -1.99. The molecule has 0 N–H and O–H groups in total. The first-order valence-electron chi connectivity index (χ1n) is 16.8. The molecule has 12 aromatic rings. The fourth-order valence-electron chi connectivity index (χ4n) is 8.90. The van der Waals surface area contributed by atoms with Crippen molar-refractivity contribution in [1.29, 1.82) is 0 Å². The van der Waals surface area contributed by atoms with Gasteiger partial charge in [0, 0.05) is 60.7 Å². The molecule has 0 saturated carbocycles. The fraction of sp³-hybridized carbons (Fsp3) is 0. The maximum Gasteiger partial charge on any atom is 0.0724 e. The zero-order valence-corrected chi connectivity index (χ0v) is 26.3. The standard InChI is InChI=1S/C45H26N4/c1-2-13-30-27(10-1)20-21-40-42(30)43-44-35(25-36-33-16-5-8-19-39(33)49(40)45(36)43)32-15-4-7-18-38(32)48(44)29-12-9-11-28(24-29)47-37-17-6-3-14-31(37)34-22-23-46-26-41(34)47/h1-26H. The van der Waals surface area contributed by atoms with Crippen LogP contribution in [0.1, 0.15) is 0 Å². The summed E-state index contributed by atoms with van der Waals surface area (Å²) in [5.74, 6) is 0. The number of aromatic nitrogens is 4. The topological polar surface area (TPSA) is 27.2 Å². The van der Waals surface area contributed by atoms with Gasteiger partial charge in [-0.05, 0) is 65.4 Å². The van der Waals surface area contributed by atoms with Crippen molar-refractivity contribution in [2.75, 3.05) is 0 Å². The predicted molar refractivity (Wildman–Crippen MR) is 205 cm³/mol. The van der Waals surface area contributed by atoms with Gasteiger partial charge >= 0.3 is 0 Å². The third-order valence-electron chi connectivity index (χ3n) is 10.8. The van der Waals surface area contributed by atoms with E-state index in [2.05, 4.69) is 164 Å². The summed E-state index contributed by atoms with van der Waals surface area (Å²) in [6.07, 6.45) is 3.87. The normalized spacial score (nSPS) is 12.5. The number of pyridine rings is 1. The van der Waals surface area contributed by atoms with E-state index in [9.17, 15) is 0 Å². The lowest BCUT2D eigenvalue weighted by molar-refractivity contribution is 1.13. The molecular formula is C45H26N4. The Bertz CT molecular complexity index is 3280. The third kappa shape index (κ3) is 3.12. The number of nitrogens with zero attached hydrogens (tertiary/aromatic N) is 4. The highest BCUT2D eigenvalue weighted by molar-refractivity contribution is 6.37. The van der Waals surface area contributed by atoms with Crippen molar-refractivity contribution in [2.45, 2.75) is 0 Å². The first kappa shape index (κ1) is 25.4. The van der Waals surface area contributed by atoms with Gasteiger partial charge in [-0.1, -0.05) is 91.0 Å². The zero-order valence-electron chi connectivity index (χ0n) is 26.3. The van der Waals surface area contributed by atoms with Crippen molar-refractivity contribution in [2.24, 2.45) is 0 Å². The SMILES string of the molecule is c1cc(-n2c3ccccc3c3ccncc32)cc(-n2c3ccccc3c3cc4c5ccccc5n5c6ccc7ccccc7c6c(c32)c45)c1. The molecule has 0 aliphatic heterocycles. The molecule has 0 amide bonds. The Balaban J connectivity index is 1.29. The van der Waals surface area contributed by atoms with Crippen LogP contribution in [-0.2, 0) is 0 Å². The number of benzene rings is 7. The van der Waals surface area contributed by atoms with Crippen molar-refractivity contribution >= 4 is 92.5 Å². The van der Waals surface area contributed by atoms with Crippen molar-refractivity contribution in [3.05, 3.63) is 158 Å². The Hall–Kier alpha value is -6.65. The molecular weight excluding hydrogens is 597 g/mol. The molecule has 5 aromatic heterocycles. The van der Waals surface area contributed by atoms with Crippen molar-refractivity contribution in [3.63, 3.8) is 0 Å². The maximum absolute atomic E-state index is 4.54. The minimum absolute atomic E-state index is 1.10. The highest BCUT2D eigenvalue weighted by atomic mass is 15.0. The van der Waals surface area contributed by atoms with E-state index >= 15 is 0 Å². The van der Waals surface area contributed by atoms with Gasteiger partial charge in [0.05, 0.1) is 44.8 Å². The van der Waals surface area contributed by atoms with E-state index in [1.807, 2.05) is 12.4 Å². The van der Waals surface area contributed by atoms with Crippen molar-refractivity contribution < 1.29 is 0 Å². The van der Waals surface area contributed by atoms with Crippen molar-refractivity contribution in [3.8, 4) is 11.4 Å². The Labute approximate surface area is 279 Å². The molecule has 12 rings (SSSR count). The van der Waals surface area contributed by atoms with Gasteiger partial charge in [-0.2, -0.15) is 0 Å². The van der Waals surface area contributed by atoms with Crippen LogP contribution < -0.4 is 0 Å². The van der Waals surface area contributed by atoms with E-state index in [0.717, 1.165) is 16.9 Å². The molecule has 0 unspecified atom stereocenters. The summed E-state index contributed by atoms with van der Waals surface area (Å²) in [4.78, 5) is 4.54. The lowest BCUT2D eigenvalue weighted by Gasteiger charge is -2.13. The van der Waals surface area contributed by atoms with E-state index in [1.165, 1.54) is 87.0 Å². The smallest absolute Gasteiger partial charge is 0.0724 e. The molecule has 0 spiro atoms. The Morgan fingerprint density at radius 1 is 0.367 bits per heavy atom. The summed E-state index contributed by atoms with van der Waals surface area (Å²) in [5, 5.41) is 12.7. The summed E-state index contributed by atoms with van der Waals surface area (Å²) >= 11 is 0. The van der Waals surface area contributed by atoms with Gasteiger partial charge in [-0.25, -0.2) is 0 Å². The number of hydrogen-bond acceptors (Lipinski definition) is 1. The highest BCUT2D eigenvalue weighted by Crippen LogP contribution is 2.48. The Morgan fingerprint density at radius 3 is 1.80 bits per heavy atom. The van der Waals surface area contributed by atoms with Crippen LogP contribution in [0.5, 0.6) is 0 Å². The minimum Gasteiger partial charge on any atom is -0.308 e. The molecule has 7 aromatic carbocycles. The number of hydrogen-bond donors (Lipinski definition) is 0. The average Bonchev–Trinajstić information content (AvgIpc) is 3.89. The van der Waals surface area contributed by atoms with E-state index in [0.29, 0.717) is 0 Å². The average molecular weight is 623 g/mol. The molecule has 4 heteroatoms. The van der Waals surface area contributed by atoms with Gasteiger partial charge in [0.25, 0.3) is 0 Å². The van der Waals surface area contributed by atoms with Crippen LogP contribution in [0.25, 0.3) is 104 Å². The number of fused-ring (bicyclic) bond motifs is 15. The van der Waals surface area contributed by atoms with Crippen LogP contribution in [0.4, 0.5) is 0 Å². The lowest BCUT2D eigenvalue weighted by atomic mass is 9.99. The van der Waals surface area contributed by atoms with Crippen LogP contribution in [0, 0.1) is 0 Å². The quantitative estimate of drug-likeness (QED) is 0.188. The fourth-order valence-corrected chi connectivity index (χ4v) is 8.90. The second kappa shape index (κ2) is 9.03. The van der Waals surface area contributed by atoms with Crippen LogP contribution in [0.15, 0.2) is 158 Å². The minimum atomic E-state index is 1.10. The number of para-hydroxylation sites is 3. The molecule has 0 fully saturated rings. The van der Waals surface area contributed by atoms with E-state index in [-0.39, 0.29) is 0 Å². The first-order chi connectivity index (χ1) is 24.3. The van der Waals surface area contributed by atoms with Crippen LogP contribution in [0.3, 0.4) is 0 Å². The van der Waals surface area contributed by atoms with Gasteiger partial charge in [0.1, 0.15) is 0 Å². The molecule has 0 bridgehead atoms. The molecule has 0 aliphatic carbocycles. The van der Waals surface area contributed by atoms with Gasteiger partial charge in [0.15, 0.2) is 0 Å². The van der Waals surface area contributed by atoms with Gasteiger partial charge in [0.2, 0.25) is 0 Å². The van der Waals surface area contributed by atoms with Gasteiger partial charge in [-0.3, -0.25) is 4.98 Å². The van der Waals surface area contributed by atoms with Crippen molar-refractivity contribution in [1.82, 2.24) is 18.5 Å². The molecule has 0 radical (unpaired) electrons. The monoisotopic (exact) mass is 622 g/mol. The highest BCUT2D eigenvalue weighted by Gasteiger charge is 2.25. The zero-order chi connectivity index (χ0) is 31.8. The van der Waals surface area contributed by atoms with Crippen LogP contribution in [-0.4, -0.2) is 18.5 Å². The van der Waals surface area contributed by atoms with Gasteiger partial charge in [-0.15, -0.1) is 0 Å². The molecule has 0 atom stereocenters. The molecule has 0 aliphatic rings. The Morgan fingerprint density at radius 2 is 0.980 bits per heavy atom.